The van der Waals surface area contributed by atoms with Gasteiger partial charge < -0.3 is 10.6 Å². The van der Waals surface area contributed by atoms with Gasteiger partial charge >= 0.3 is 0 Å². The summed E-state index contributed by atoms with van der Waals surface area (Å²) in [6, 6.07) is 14.1. The van der Waals surface area contributed by atoms with Crippen LogP contribution in [0.5, 0.6) is 0 Å². The Balaban J connectivity index is 2.17. The highest BCUT2D eigenvalue weighted by Crippen LogP contribution is 2.17. The number of anilines is 1. The van der Waals surface area contributed by atoms with E-state index in [1.165, 1.54) is 0 Å². The zero-order chi connectivity index (χ0) is 14.5. The van der Waals surface area contributed by atoms with Crippen molar-refractivity contribution in [1.29, 1.82) is 0 Å². The Bertz CT molecular complexity index is 593. The number of benzene rings is 1. The van der Waals surface area contributed by atoms with Gasteiger partial charge in [0.1, 0.15) is 4.99 Å². The Morgan fingerprint density at radius 2 is 1.90 bits per heavy atom. The highest BCUT2D eigenvalue weighted by molar-refractivity contribution is 7.80. The SMILES string of the molecule is CCN(Cc1cccc(C)n1)c1ccc(C(N)=S)cc1. The molecular weight excluding hydrogens is 266 g/mol. The maximum atomic E-state index is 5.62. The van der Waals surface area contributed by atoms with Gasteiger partial charge in [-0.05, 0) is 50.2 Å². The van der Waals surface area contributed by atoms with Gasteiger partial charge in [0.25, 0.3) is 0 Å². The van der Waals surface area contributed by atoms with E-state index < -0.39 is 0 Å². The minimum atomic E-state index is 0.431. The van der Waals surface area contributed by atoms with Gasteiger partial charge in [0.05, 0.1) is 12.2 Å². The number of rotatable bonds is 5. The zero-order valence-corrected chi connectivity index (χ0v) is 12.7. The third-order valence-corrected chi connectivity index (χ3v) is 3.43. The summed E-state index contributed by atoms with van der Waals surface area (Å²) < 4.78 is 0. The van der Waals surface area contributed by atoms with Crippen LogP contribution in [0.25, 0.3) is 0 Å². The lowest BCUT2D eigenvalue weighted by molar-refractivity contribution is 0.806. The molecule has 0 radical (unpaired) electrons. The van der Waals surface area contributed by atoms with Crippen molar-refractivity contribution in [1.82, 2.24) is 4.98 Å². The van der Waals surface area contributed by atoms with E-state index in [0.717, 1.165) is 35.7 Å². The summed E-state index contributed by atoms with van der Waals surface area (Å²) in [5.74, 6) is 0. The van der Waals surface area contributed by atoms with Crippen LogP contribution in [0, 0.1) is 6.92 Å². The van der Waals surface area contributed by atoms with Crippen LogP contribution in [0.1, 0.15) is 23.9 Å². The third-order valence-electron chi connectivity index (χ3n) is 3.20. The summed E-state index contributed by atoms with van der Waals surface area (Å²) in [5.41, 5.74) is 9.78. The second-order valence-corrected chi connectivity index (χ2v) is 5.14. The molecule has 0 saturated carbocycles. The lowest BCUT2D eigenvalue weighted by Crippen LogP contribution is -2.22. The van der Waals surface area contributed by atoms with Crippen molar-refractivity contribution >= 4 is 22.9 Å². The fourth-order valence-corrected chi connectivity index (χ4v) is 2.24. The molecule has 2 aromatic rings. The fourth-order valence-electron chi connectivity index (χ4n) is 2.11. The summed E-state index contributed by atoms with van der Waals surface area (Å²) >= 11 is 4.97. The predicted octanol–water partition coefficient (Wildman–Crippen LogP) is 3.05. The standard InChI is InChI=1S/C16H19N3S/c1-3-19(11-14-6-4-5-12(2)18-14)15-9-7-13(8-10-15)16(17)20/h4-10H,3,11H2,1-2H3,(H2,17,20). The van der Waals surface area contributed by atoms with Crippen molar-refractivity contribution in [2.45, 2.75) is 20.4 Å². The van der Waals surface area contributed by atoms with Gasteiger partial charge in [-0.1, -0.05) is 18.3 Å². The molecule has 0 bridgehead atoms. The van der Waals surface area contributed by atoms with Gasteiger partial charge in [-0.3, -0.25) is 4.98 Å². The summed E-state index contributed by atoms with van der Waals surface area (Å²) in [5, 5.41) is 0. The van der Waals surface area contributed by atoms with E-state index in [1.807, 2.05) is 43.3 Å². The van der Waals surface area contributed by atoms with Crippen molar-refractivity contribution in [3.05, 3.63) is 59.4 Å². The Morgan fingerprint density at radius 1 is 1.20 bits per heavy atom. The van der Waals surface area contributed by atoms with E-state index in [1.54, 1.807) is 0 Å². The van der Waals surface area contributed by atoms with Crippen molar-refractivity contribution in [2.75, 3.05) is 11.4 Å². The summed E-state index contributed by atoms with van der Waals surface area (Å²) in [6.45, 7) is 5.86. The molecule has 0 spiro atoms. The van der Waals surface area contributed by atoms with Gasteiger partial charge in [0.15, 0.2) is 0 Å². The molecule has 2 rings (SSSR count). The quantitative estimate of drug-likeness (QED) is 0.857. The van der Waals surface area contributed by atoms with Gasteiger partial charge in [-0.25, -0.2) is 0 Å². The van der Waals surface area contributed by atoms with Crippen LogP contribution in [0.3, 0.4) is 0 Å². The van der Waals surface area contributed by atoms with Crippen LogP contribution in [0.15, 0.2) is 42.5 Å². The first-order chi connectivity index (χ1) is 9.60. The van der Waals surface area contributed by atoms with Crippen molar-refractivity contribution in [2.24, 2.45) is 5.73 Å². The molecule has 4 heteroatoms. The van der Waals surface area contributed by atoms with Crippen molar-refractivity contribution in [3.63, 3.8) is 0 Å². The summed E-state index contributed by atoms with van der Waals surface area (Å²) in [7, 11) is 0. The van der Waals surface area contributed by atoms with Crippen LogP contribution in [-0.2, 0) is 6.54 Å². The maximum absolute atomic E-state index is 5.62. The number of nitrogens with zero attached hydrogens (tertiary/aromatic N) is 2. The first kappa shape index (κ1) is 14.5. The van der Waals surface area contributed by atoms with E-state index in [9.17, 15) is 0 Å². The first-order valence-electron chi connectivity index (χ1n) is 6.67. The van der Waals surface area contributed by atoms with Crippen LogP contribution in [0.2, 0.25) is 0 Å². The van der Waals surface area contributed by atoms with E-state index >= 15 is 0 Å². The minimum Gasteiger partial charge on any atom is -0.389 e. The number of aryl methyl sites for hydroxylation is 1. The molecule has 2 N–H and O–H groups in total. The molecule has 104 valence electrons. The monoisotopic (exact) mass is 285 g/mol. The molecule has 1 aromatic carbocycles. The van der Waals surface area contributed by atoms with Crippen molar-refractivity contribution in [3.8, 4) is 0 Å². The largest absolute Gasteiger partial charge is 0.389 e. The number of hydrogen-bond donors (Lipinski definition) is 1. The number of thiocarbonyl (C=S) groups is 1. The Morgan fingerprint density at radius 3 is 2.45 bits per heavy atom. The number of aromatic nitrogens is 1. The van der Waals surface area contributed by atoms with Gasteiger partial charge in [-0.15, -0.1) is 0 Å². The maximum Gasteiger partial charge on any atom is 0.103 e. The van der Waals surface area contributed by atoms with E-state index in [4.69, 9.17) is 18.0 Å². The highest BCUT2D eigenvalue weighted by atomic mass is 32.1. The van der Waals surface area contributed by atoms with Gasteiger partial charge in [0, 0.05) is 23.5 Å². The molecule has 0 saturated heterocycles. The third kappa shape index (κ3) is 3.54. The predicted molar refractivity (Wildman–Crippen MR) is 88.0 cm³/mol. The van der Waals surface area contributed by atoms with Crippen LogP contribution in [-0.4, -0.2) is 16.5 Å². The van der Waals surface area contributed by atoms with Crippen LogP contribution >= 0.6 is 12.2 Å². The molecule has 3 nitrogen and oxygen atoms in total. The van der Waals surface area contributed by atoms with Crippen LogP contribution < -0.4 is 10.6 Å². The lowest BCUT2D eigenvalue weighted by Gasteiger charge is -2.23. The molecule has 0 fully saturated rings. The zero-order valence-electron chi connectivity index (χ0n) is 11.8. The molecular formula is C16H19N3S. The fraction of sp³-hybridized carbons (Fsp3) is 0.250. The second-order valence-electron chi connectivity index (χ2n) is 4.70. The molecule has 0 aliphatic rings. The topological polar surface area (TPSA) is 42.2 Å². The first-order valence-corrected chi connectivity index (χ1v) is 7.08. The Labute approximate surface area is 125 Å². The van der Waals surface area contributed by atoms with Crippen LogP contribution in [0.4, 0.5) is 5.69 Å². The second kappa shape index (κ2) is 6.48. The molecule has 0 unspecified atom stereocenters. The molecule has 1 heterocycles. The molecule has 0 aliphatic heterocycles. The van der Waals surface area contributed by atoms with Gasteiger partial charge in [-0.2, -0.15) is 0 Å². The highest BCUT2D eigenvalue weighted by Gasteiger charge is 2.07. The van der Waals surface area contributed by atoms with Crippen molar-refractivity contribution < 1.29 is 0 Å². The number of pyridine rings is 1. The molecule has 20 heavy (non-hydrogen) atoms. The van der Waals surface area contributed by atoms with E-state index in [0.29, 0.717) is 4.99 Å². The average molecular weight is 285 g/mol. The average Bonchev–Trinajstić information content (AvgIpc) is 2.45. The molecule has 1 aromatic heterocycles. The summed E-state index contributed by atoms with van der Waals surface area (Å²) in [6.07, 6.45) is 0. The molecule has 0 atom stereocenters. The summed E-state index contributed by atoms with van der Waals surface area (Å²) in [4.78, 5) is 7.25. The normalized spacial score (nSPS) is 10.3. The van der Waals surface area contributed by atoms with E-state index in [-0.39, 0.29) is 0 Å². The lowest BCUT2D eigenvalue weighted by atomic mass is 10.2. The molecule has 0 amide bonds. The Hall–Kier alpha value is -1.94. The minimum absolute atomic E-state index is 0.431. The molecule has 0 aliphatic carbocycles. The smallest absolute Gasteiger partial charge is 0.103 e. The number of nitrogens with two attached hydrogens (primary N) is 1. The number of hydrogen-bond acceptors (Lipinski definition) is 3. The Kier molecular flexibility index (Phi) is 4.69. The van der Waals surface area contributed by atoms with E-state index in [2.05, 4.69) is 22.9 Å². The van der Waals surface area contributed by atoms with Gasteiger partial charge in [0.2, 0.25) is 0 Å².